The molecule has 0 aliphatic carbocycles. The number of nitrogens with two attached hydrogens (primary N) is 1. The summed E-state index contributed by atoms with van der Waals surface area (Å²) in [5.74, 6) is 1.95. The van der Waals surface area contributed by atoms with E-state index in [1.807, 2.05) is 18.2 Å². The van der Waals surface area contributed by atoms with E-state index in [2.05, 4.69) is 42.9 Å². The summed E-state index contributed by atoms with van der Waals surface area (Å²) >= 11 is 9.51. The molecule has 1 aromatic heterocycles. The molecule has 2 aromatic rings. The van der Waals surface area contributed by atoms with E-state index in [0.29, 0.717) is 22.7 Å². The fourth-order valence-corrected chi connectivity index (χ4v) is 3.36. The van der Waals surface area contributed by atoms with Gasteiger partial charge in [0.2, 0.25) is 5.95 Å². The topological polar surface area (TPSA) is 70.8 Å². The molecule has 1 aromatic carbocycles. The third-order valence-corrected chi connectivity index (χ3v) is 4.58. The molecular formula is C14H17BrClN5. The largest absolute Gasteiger partial charge is 0.338 e. The number of nitrogens with one attached hydrogen (secondary N) is 1. The van der Waals surface area contributed by atoms with Crippen molar-refractivity contribution in [2.24, 2.45) is 11.7 Å². The number of hydrogen-bond donors (Lipinski definition) is 2. The molecule has 0 spiro atoms. The maximum Gasteiger partial charge on any atom is 0.245 e. The number of hydrogen-bond acceptors (Lipinski definition) is 4. The summed E-state index contributed by atoms with van der Waals surface area (Å²) in [6.45, 7) is 3.91. The molecule has 1 saturated heterocycles. The van der Waals surface area contributed by atoms with Gasteiger partial charge in [-0.2, -0.15) is 4.98 Å². The fourth-order valence-electron chi connectivity index (χ4n) is 2.49. The fraction of sp³-hybridized carbons (Fsp3) is 0.429. The zero-order valence-corrected chi connectivity index (χ0v) is 14.0. The molecule has 2 unspecified atom stereocenters. The normalized spacial score (nSPS) is 22.6. The Morgan fingerprint density at radius 1 is 1.43 bits per heavy atom. The van der Waals surface area contributed by atoms with E-state index in [1.54, 1.807) is 0 Å². The summed E-state index contributed by atoms with van der Waals surface area (Å²) in [7, 11) is 0. The average Bonchev–Trinajstić information content (AvgIpc) is 2.90. The standard InChI is InChI=1S/C14H17BrClN5/c1-8-2-3-21(7-12(8)17)14-18-13(19-20-14)9-4-10(15)6-11(16)5-9/h4-6,8,12H,2-3,7,17H2,1H3,(H,18,19,20). The summed E-state index contributed by atoms with van der Waals surface area (Å²) in [5.41, 5.74) is 7.04. The molecule has 0 amide bonds. The predicted octanol–water partition coefficient (Wildman–Crippen LogP) is 3.06. The monoisotopic (exact) mass is 369 g/mol. The smallest absolute Gasteiger partial charge is 0.245 e. The van der Waals surface area contributed by atoms with Gasteiger partial charge in [-0.15, -0.1) is 5.10 Å². The number of halogens is 2. The molecule has 1 fully saturated rings. The van der Waals surface area contributed by atoms with Gasteiger partial charge in [-0.05, 0) is 30.5 Å². The molecule has 2 atom stereocenters. The van der Waals surface area contributed by atoms with Crippen LogP contribution in [0.15, 0.2) is 22.7 Å². The first-order valence-electron chi connectivity index (χ1n) is 6.92. The minimum absolute atomic E-state index is 0.168. The number of H-pyrrole nitrogens is 1. The molecule has 3 N–H and O–H groups in total. The van der Waals surface area contributed by atoms with Gasteiger partial charge in [-0.1, -0.05) is 34.5 Å². The van der Waals surface area contributed by atoms with E-state index in [9.17, 15) is 0 Å². The van der Waals surface area contributed by atoms with Gasteiger partial charge in [-0.3, -0.25) is 5.10 Å². The summed E-state index contributed by atoms with van der Waals surface area (Å²) < 4.78 is 0.914. The number of rotatable bonds is 2. The van der Waals surface area contributed by atoms with Crippen molar-refractivity contribution < 1.29 is 0 Å². The second-order valence-electron chi connectivity index (χ2n) is 5.52. The van der Waals surface area contributed by atoms with E-state index in [4.69, 9.17) is 17.3 Å². The van der Waals surface area contributed by atoms with Crippen LogP contribution in [-0.2, 0) is 0 Å². The molecule has 5 nitrogen and oxygen atoms in total. The number of benzene rings is 1. The van der Waals surface area contributed by atoms with Gasteiger partial charge in [0.25, 0.3) is 0 Å². The molecule has 0 bridgehead atoms. The Morgan fingerprint density at radius 3 is 2.95 bits per heavy atom. The lowest BCUT2D eigenvalue weighted by atomic mass is 9.95. The zero-order valence-electron chi connectivity index (χ0n) is 11.7. The van der Waals surface area contributed by atoms with Crippen molar-refractivity contribution >= 4 is 33.5 Å². The zero-order chi connectivity index (χ0) is 15.0. The Hall–Kier alpha value is -1.11. The van der Waals surface area contributed by atoms with E-state index < -0.39 is 0 Å². The minimum atomic E-state index is 0.168. The summed E-state index contributed by atoms with van der Waals surface area (Å²) in [6.07, 6.45) is 1.06. The van der Waals surface area contributed by atoms with Crippen LogP contribution in [0, 0.1) is 5.92 Å². The highest BCUT2D eigenvalue weighted by Gasteiger charge is 2.25. The van der Waals surface area contributed by atoms with Crippen molar-refractivity contribution in [3.05, 3.63) is 27.7 Å². The third kappa shape index (κ3) is 3.22. The Morgan fingerprint density at radius 2 is 2.24 bits per heavy atom. The van der Waals surface area contributed by atoms with Crippen LogP contribution < -0.4 is 10.6 Å². The van der Waals surface area contributed by atoms with Crippen LogP contribution in [-0.4, -0.2) is 34.3 Å². The van der Waals surface area contributed by atoms with Gasteiger partial charge < -0.3 is 10.6 Å². The summed E-state index contributed by atoms with van der Waals surface area (Å²) in [6, 6.07) is 5.83. The van der Waals surface area contributed by atoms with Crippen molar-refractivity contribution in [3.8, 4) is 11.4 Å². The van der Waals surface area contributed by atoms with Gasteiger partial charge in [0.05, 0.1) is 0 Å². The quantitative estimate of drug-likeness (QED) is 0.852. The number of nitrogens with zero attached hydrogens (tertiary/aromatic N) is 3. The molecule has 1 aliphatic heterocycles. The lowest BCUT2D eigenvalue weighted by molar-refractivity contribution is 0.376. The molecule has 3 rings (SSSR count). The number of anilines is 1. The summed E-state index contributed by atoms with van der Waals surface area (Å²) in [5, 5.41) is 7.95. The van der Waals surface area contributed by atoms with E-state index >= 15 is 0 Å². The SMILES string of the molecule is CC1CCN(c2n[nH]c(-c3cc(Cl)cc(Br)c3)n2)CC1N. The van der Waals surface area contributed by atoms with Crippen LogP contribution in [0.1, 0.15) is 13.3 Å². The lowest BCUT2D eigenvalue weighted by Gasteiger charge is -2.34. The van der Waals surface area contributed by atoms with Gasteiger partial charge in [0.15, 0.2) is 5.82 Å². The molecule has 0 saturated carbocycles. The van der Waals surface area contributed by atoms with Crippen LogP contribution in [0.25, 0.3) is 11.4 Å². The van der Waals surface area contributed by atoms with Gasteiger partial charge in [0.1, 0.15) is 0 Å². The highest BCUT2D eigenvalue weighted by Crippen LogP contribution is 2.27. The number of aromatic nitrogens is 3. The van der Waals surface area contributed by atoms with Crippen LogP contribution in [0.4, 0.5) is 5.95 Å². The van der Waals surface area contributed by atoms with E-state index in [0.717, 1.165) is 29.5 Å². The van der Waals surface area contributed by atoms with Crippen molar-refractivity contribution in [3.63, 3.8) is 0 Å². The van der Waals surface area contributed by atoms with Crippen LogP contribution >= 0.6 is 27.5 Å². The van der Waals surface area contributed by atoms with Crippen molar-refractivity contribution in [2.45, 2.75) is 19.4 Å². The maximum absolute atomic E-state index is 6.13. The van der Waals surface area contributed by atoms with Crippen molar-refractivity contribution in [1.29, 1.82) is 0 Å². The second-order valence-corrected chi connectivity index (χ2v) is 6.87. The Bertz CT molecular complexity index is 624. The highest BCUT2D eigenvalue weighted by atomic mass is 79.9. The maximum atomic E-state index is 6.13. The van der Waals surface area contributed by atoms with Crippen molar-refractivity contribution in [2.75, 3.05) is 18.0 Å². The number of aromatic amines is 1. The van der Waals surface area contributed by atoms with Crippen LogP contribution in [0.3, 0.4) is 0 Å². The Kier molecular flexibility index (Phi) is 4.19. The molecule has 21 heavy (non-hydrogen) atoms. The number of piperidine rings is 1. The molecule has 2 heterocycles. The molecule has 7 heteroatoms. The first-order chi connectivity index (χ1) is 10.0. The summed E-state index contributed by atoms with van der Waals surface area (Å²) in [4.78, 5) is 6.70. The average molecular weight is 371 g/mol. The van der Waals surface area contributed by atoms with E-state index in [-0.39, 0.29) is 6.04 Å². The molecular weight excluding hydrogens is 354 g/mol. The van der Waals surface area contributed by atoms with Gasteiger partial charge in [-0.25, -0.2) is 0 Å². The first-order valence-corrected chi connectivity index (χ1v) is 8.09. The molecule has 1 aliphatic rings. The minimum Gasteiger partial charge on any atom is -0.338 e. The van der Waals surface area contributed by atoms with Gasteiger partial charge in [0, 0.05) is 34.2 Å². The van der Waals surface area contributed by atoms with Crippen LogP contribution in [0.2, 0.25) is 5.02 Å². The molecule has 0 radical (unpaired) electrons. The predicted molar refractivity (Wildman–Crippen MR) is 88.5 cm³/mol. The Balaban J connectivity index is 1.83. The third-order valence-electron chi connectivity index (χ3n) is 3.91. The highest BCUT2D eigenvalue weighted by molar-refractivity contribution is 9.10. The van der Waals surface area contributed by atoms with Crippen LogP contribution in [0.5, 0.6) is 0 Å². The first kappa shape index (κ1) is 14.8. The lowest BCUT2D eigenvalue weighted by Crippen LogP contribution is -2.48. The van der Waals surface area contributed by atoms with Crippen molar-refractivity contribution in [1.82, 2.24) is 15.2 Å². The molecule has 112 valence electrons. The Labute approximate surface area is 137 Å². The van der Waals surface area contributed by atoms with Gasteiger partial charge >= 0.3 is 0 Å². The second kappa shape index (κ2) is 5.94. The van der Waals surface area contributed by atoms with E-state index in [1.165, 1.54) is 0 Å².